The number of rotatable bonds is 2. The number of nitrogens with zero attached hydrogens (tertiary/aromatic N) is 2. The Morgan fingerprint density at radius 3 is 2.47 bits per heavy atom. The summed E-state index contributed by atoms with van der Waals surface area (Å²) in [5.74, 6) is 1.18. The van der Waals surface area contributed by atoms with Crippen LogP contribution in [0.25, 0.3) is 6.20 Å². The van der Waals surface area contributed by atoms with Gasteiger partial charge >= 0.3 is 0 Å². The van der Waals surface area contributed by atoms with E-state index in [0.717, 1.165) is 0 Å². The average molecular weight is 203 g/mol. The first-order valence-corrected chi connectivity index (χ1v) is 5.64. The lowest BCUT2D eigenvalue weighted by Crippen LogP contribution is -2.41. The van der Waals surface area contributed by atoms with Gasteiger partial charge in [-0.25, -0.2) is 0 Å². The zero-order valence-corrected chi connectivity index (χ0v) is 9.94. The van der Waals surface area contributed by atoms with Gasteiger partial charge in [0.2, 0.25) is 5.69 Å². The van der Waals surface area contributed by atoms with Crippen LogP contribution in [0.15, 0.2) is 24.7 Å². The molecule has 1 aliphatic heterocycles. The Morgan fingerprint density at radius 2 is 1.87 bits per heavy atom. The Bertz CT molecular complexity index is 383. The molecule has 0 radical (unpaired) electrons. The number of hydrogen-bond donors (Lipinski definition) is 0. The van der Waals surface area contributed by atoms with Crippen molar-refractivity contribution in [3.8, 4) is 0 Å². The number of fused-ring (bicyclic) bond motifs is 1. The van der Waals surface area contributed by atoms with Crippen molar-refractivity contribution in [3.63, 3.8) is 0 Å². The second-order valence-electron chi connectivity index (χ2n) is 4.93. The second-order valence-corrected chi connectivity index (χ2v) is 4.93. The summed E-state index contributed by atoms with van der Waals surface area (Å²) in [5.41, 5.74) is 1.46. The normalized spacial score (nSPS) is 17.5. The van der Waals surface area contributed by atoms with Crippen molar-refractivity contribution in [1.29, 1.82) is 0 Å². The summed E-state index contributed by atoms with van der Waals surface area (Å²) in [5, 5.41) is 0. The first kappa shape index (κ1) is 10.3. The van der Waals surface area contributed by atoms with Gasteiger partial charge in [0.15, 0.2) is 12.4 Å². The van der Waals surface area contributed by atoms with Gasteiger partial charge in [0, 0.05) is 0 Å². The molecule has 0 bridgehead atoms. The molecule has 0 unspecified atom stereocenters. The molecule has 0 spiro atoms. The van der Waals surface area contributed by atoms with Crippen molar-refractivity contribution in [2.75, 3.05) is 0 Å². The van der Waals surface area contributed by atoms with Crippen LogP contribution in [-0.2, 0) is 5.41 Å². The second kappa shape index (κ2) is 3.44. The van der Waals surface area contributed by atoms with Crippen molar-refractivity contribution in [1.82, 2.24) is 4.98 Å². The van der Waals surface area contributed by atoms with Gasteiger partial charge in [-0.2, -0.15) is 4.57 Å². The zero-order chi connectivity index (χ0) is 11.1. The van der Waals surface area contributed by atoms with Crippen molar-refractivity contribution >= 4 is 6.20 Å². The van der Waals surface area contributed by atoms with Gasteiger partial charge in [-0.15, -0.1) is 0 Å². The first-order valence-electron chi connectivity index (χ1n) is 5.64. The average Bonchev–Trinajstić information content (AvgIpc) is 2.57. The molecule has 0 aromatic carbocycles. The minimum Gasteiger partial charge on any atom is -0.252 e. The third-order valence-corrected chi connectivity index (χ3v) is 3.65. The first-order chi connectivity index (χ1) is 7.09. The predicted molar refractivity (Wildman–Crippen MR) is 61.1 cm³/mol. The van der Waals surface area contributed by atoms with Crippen LogP contribution >= 0.6 is 0 Å². The fourth-order valence-electron chi connectivity index (χ4n) is 2.77. The maximum Gasteiger partial charge on any atom is 0.215 e. The van der Waals surface area contributed by atoms with E-state index in [1.54, 1.807) is 0 Å². The molecule has 1 aromatic heterocycles. The summed E-state index contributed by atoms with van der Waals surface area (Å²) in [6.07, 6.45) is 10.4. The smallest absolute Gasteiger partial charge is 0.215 e. The molecule has 15 heavy (non-hydrogen) atoms. The Morgan fingerprint density at radius 1 is 1.20 bits per heavy atom. The summed E-state index contributed by atoms with van der Waals surface area (Å²) in [6, 6.07) is 0. The van der Waals surface area contributed by atoms with Gasteiger partial charge in [-0.05, 0) is 17.9 Å². The van der Waals surface area contributed by atoms with E-state index in [1.165, 1.54) is 5.69 Å². The Balaban J connectivity index is 2.59. The molecule has 0 fully saturated rings. The molecule has 0 saturated carbocycles. The maximum atomic E-state index is 4.26. The maximum absolute atomic E-state index is 4.26. The van der Waals surface area contributed by atoms with E-state index in [9.17, 15) is 0 Å². The van der Waals surface area contributed by atoms with Gasteiger partial charge < -0.3 is 0 Å². The molecule has 0 saturated heterocycles. The fraction of sp³-hybridized carbons (Fsp3) is 0.538. The molecular formula is C13H19N2+. The summed E-state index contributed by atoms with van der Waals surface area (Å²) in [6.45, 7) is 9.14. The minimum atomic E-state index is 0.147. The topological polar surface area (TPSA) is 16.8 Å². The van der Waals surface area contributed by atoms with Crippen LogP contribution in [0.5, 0.6) is 0 Å². The highest BCUT2D eigenvalue weighted by molar-refractivity contribution is 5.34. The summed E-state index contributed by atoms with van der Waals surface area (Å²) in [4.78, 5) is 4.26. The molecule has 1 aromatic rings. The van der Waals surface area contributed by atoms with Gasteiger partial charge in [0.1, 0.15) is 0 Å². The van der Waals surface area contributed by atoms with Crippen LogP contribution in [0.2, 0.25) is 0 Å². The molecule has 0 N–H and O–H groups in total. The number of aromatic nitrogens is 2. The lowest BCUT2D eigenvalue weighted by Gasteiger charge is -2.32. The van der Waals surface area contributed by atoms with E-state index in [0.29, 0.717) is 11.8 Å². The highest BCUT2D eigenvalue weighted by Gasteiger charge is 2.47. The van der Waals surface area contributed by atoms with Crippen molar-refractivity contribution < 1.29 is 4.57 Å². The van der Waals surface area contributed by atoms with Crippen LogP contribution < -0.4 is 4.57 Å². The predicted octanol–water partition coefficient (Wildman–Crippen LogP) is 2.40. The van der Waals surface area contributed by atoms with Crippen LogP contribution in [0, 0.1) is 11.8 Å². The van der Waals surface area contributed by atoms with Gasteiger partial charge in [0.25, 0.3) is 0 Å². The van der Waals surface area contributed by atoms with Gasteiger partial charge in [-0.1, -0.05) is 27.7 Å². The van der Waals surface area contributed by atoms with Crippen LogP contribution in [0.3, 0.4) is 0 Å². The van der Waals surface area contributed by atoms with E-state index >= 15 is 0 Å². The summed E-state index contributed by atoms with van der Waals surface area (Å²) < 4.78 is 2.19. The fourth-order valence-corrected chi connectivity index (χ4v) is 2.77. The van der Waals surface area contributed by atoms with E-state index < -0.39 is 0 Å². The Labute approximate surface area is 91.7 Å². The summed E-state index contributed by atoms with van der Waals surface area (Å²) in [7, 11) is 0. The summed E-state index contributed by atoms with van der Waals surface area (Å²) >= 11 is 0. The highest BCUT2D eigenvalue weighted by atomic mass is 15.0. The molecule has 0 atom stereocenters. The van der Waals surface area contributed by atoms with Crippen LogP contribution in [-0.4, -0.2) is 4.98 Å². The molecule has 80 valence electrons. The molecular weight excluding hydrogens is 184 g/mol. The SMILES string of the molecule is CC(C)C1(C(C)C)C=C[n+]2ccncc21. The quantitative estimate of drug-likeness (QED) is 0.674. The molecule has 2 rings (SSSR count). The van der Waals surface area contributed by atoms with Crippen molar-refractivity contribution in [3.05, 3.63) is 30.4 Å². The van der Waals surface area contributed by atoms with E-state index in [2.05, 4.69) is 49.5 Å². The molecule has 0 aliphatic carbocycles. The number of hydrogen-bond acceptors (Lipinski definition) is 1. The largest absolute Gasteiger partial charge is 0.252 e. The third-order valence-electron chi connectivity index (χ3n) is 3.65. The van der Waals surface area contributed by atoms with Gasteiger partial charge in [-0.3, -0.25) is 4.98 Å². The molecule has 2 heterocycles. The van der Waals surface area contributed by atoms with E-state index in [4.69, 9.17) is 0 Å². The third kappa shape index (κ3) is 1.31. The minimum absolute atomic E-state index is 0.147. The van der Waals surface area contributed by atoms with Crippen LogP contribution in [0.4, 0.5) is 0 Å². The van der Waals surface area contributed by atoms with Crippen LogP contribution in [0.1, 0.15) is 33.4 Å². The molecule has 2 nitrogen and oxygen atoms in total. The molecule has 1 aliphatic rings. The molecule has 2 heteroatoms. The standard InChI is InChI=1S/C13H19N2/c1-10(2)13(11(3)4)5-7-15-8-6-14-9-12(13)15/h5-11H,1-4H3/q+1. The van der Waals surface area contributed by atoms with E-state index in [-0.39, 0.29) is 5.41 Å². The van der Waals surface area contributed by atoms with Crippen molar-refractivity contribution in [2.45, 2.75) is 33.1 Å². The monoisotopic (exact) mass is 203 g/mol. The lowest BCUT2D eigenvalue weighted by molar-refractivity contribution is -0.576. The molecule has 0 amide bonds. The van der Waals surface area contributed by atoms with Crippen molar-refractivity contribution in [2.24, 2.45) is 11.8 Å². The Hall–Kier alpha value is -1.18. The zero-order valence-electron chi connectivity index (χ0n) is 9.94. The number of allylic oxidation sites excluding steroid dienone is 1. The van der Waals surface area contributed by atoms with E-state index in [1.807, 2.05) is 18.6 Å². The lowest BCUT2D eigenvalue weighted by atomic mass is 9.68. The Kier molecular flexibility index (Phi) is 2.37. The van der Waals surface area contributed by atoms with Gasteiger partial charge in [0.05, 0.1) is 17.8 Å². The highest BCUT2D eigenvalue weighted by Crippen LogP contribution is 2.41.